The second kappa shape index (κ2) is 53.4. The fourth-order valence-corrected chi connectivity index (χ4v) is 7.48. The van der Waals surface area contributed by atoms with Gasteiger partial charge in [0.1, 0.15) is 6.61 Å². The quantitative estimate of drug-likeness (QED) is 0.0374. The second-order valence-electron chi connectivity index (χ2n) is 17.6. The van der Waals surface area contributed by atoms with E-state index in [-0.39, 0.29) is 25.2 Å². The Morgan fingerprint density at radius 1 is 0.381 bits per heavy atom. The monoisotopic (exact) mass is 877 g/mol. The Morgan fingerprint density at radius 3 is 1.03 bits per heavy atom. The molecule has 0 bridgehead atoms. The fraction of sp³-hybridized carbons (Fsp3) is 0.724. The molecule has 0 saturated heterocycles. The predicted molar refractivity (Wildman–Crippen MR) is 274 cm³/mol. The molecule has 0 aromatic carbocycles. The Morgan fingerprint density at radius 2 is 0.683 bits per heavy atom. The Balaban J connectivity index is 3.55. The molecule has 0 heterocycles. The summed E-state index contributed by atoms with van der Waals surface area (Å²) in [5.74, 6) is -0.592. The summed E-state index contributed by atoms with van der Waals surface area (Å²) in [7, 11) is 0. The molecule has 5 nitrogen and oxygen atoms in total. The highest BCUT2D eigenvalue weighted by molar-refractivity contribution is 5.70. The first kappa shape index (κ1) is 60.1. The third-order valence-corrected chi connectivity index (χ3v) is 11.5. The van der Waals surface area contributed by atoms with Crippen molar-refractivity contribution in [3.63, 3.8) is 0 Å². The molecule has 362 valence electrons. The second-order valence-corrected chi connectivity index (χ2v) is 17.6. The molecule has 63 heavy (non-hydrogen) atoms. The van der Waals surface area contributed by atoms with Crippen molar-refractivity contribution in [2.45, 2.75) is 258 Å². The molecule has 1 unspecified atom stereocenters. The molecule has 0 aliphatic heterocycles. The lowest BCUT2D eigenvalue weighted by Gasteiger charge is -2.15. The van der Waals surface area contributed by atoms with Gasteiger partial charge in [-0.15, -0.1) is 0 Å². The molecule has 1 N–H and O–H groups in total. The zero-order chi connectivity index (χ0) is 45.6. The Bertz CT molecular complexity index is 1170. The lowest BCUT2D eigenvalue weighted by molar-refractivity contribution is -0.161. The first-order valence-electron chi connectivity index (χ1n) is 26.6. The molecule has 0 aromatic heterocycles. The minimum Gasteiger partial charge on any atom is -0.462 e. The molecule has 0 radical (unpaired) electrons. The van der Waals surface area contributed by atoms with Gasteiger partial charge in [0.2, 0.25) is 0 Å². The number of carbonyl (C=O) groups excluding carboxylic acids is 2. The Kier molecular flexibility index (Phi) is 50.9. The third-order valence-electron chi connectivity index (χ3n) is 11.5. The van der Waals surface area contributed by atoms with Crippen molar-refractivity contribution in [3.8, 4) is 0 Å². The van der Waals surface area contributed by atoms with Crippen LogP contribution in [0.3, 0.4) is 0 Å². The fourth-order valence-electron chi connectivity index (χ4n) is 7.48. The third kappa shape index (κ3) is 51.6. The van der Waals surface area contributed by atoms with Crippen LogP contribution in [0.5, 0.6) is 0 Å². The highest BCUT2D eigenvalue weighted by Crippen LogP contribution is 2.16. The zero-order valence-corrected chi connectivity index (χ0v) is 41.3. The zero-order valence-electron chi connectivity index (χ0n) is 41.3. The van der Waals surface area contributed by atoms with Crippen molar-refractivity contribution < 1.29 is 24.2 Å². The number of rotatable bonds is 48. The van der Waals surface area contributed by atoms with E-state index in [4.69, 9.17) is 9.47 Å². The van der Waals surface area contributed by atoms with Crippen LogP contribution in [0, 0.1) is 0 Å². The highest BCUT2D eigenvalue weighted by Gasteiger charge is 2.16. The van der Waals surface area contributed by atoms with Gasteiger partial charge in [-0.25, -0.2) is 0 Å². The van der Waals surface area contributed by atoms with E-state index >= 15 is 0 Å². The number of aliphatic hydroxyl groups is 1. The topological polar surface area (TPSA) is 72.8 Å². The van der Waals surface area contributed by atoms with Gasteiger partial charge in [-0.1, -0.05) is 253 Å². The molecule has 0 aliphatic carbocycles. The summed E-state index contributed by atoms with van der Waals surface area (Å²) in [6.45, 7) is 4.04. The number of hydrogen-bond acceptors (Lipinski definition) is 5. The van der Waals surface area contributed by atoms with E-state index in [1.807, 2.05) is 0 Å². The number of esters is 2. The van der Waals surface area contributed by atoms with Gasteiger partial charge in [0.05, 0.1) is 6.61 Å². The van der Waals surface area contributed by atoms with Gasteiger partial charge in [-0.2, -0.15) is 0 Å². The number of allylic oxidation sites excluding steroid dienone is 14. The average Bonchev–Trinajstić information content (AvgIpc) is 3.29. The van der Waals surface area contributed by atoms with Gasteiger partial charge in [0.15, 0.2) is 6.10 Å². The standard InChI is InChI=1S/C58H100O5/c1-3-5-7-9-11-13-15-17-19-21-23-24-25-26-27-28-29-30-31-32-33-34-35-37-39-41-43-45-47-49-51-53-58(61)63-56(54-59)55-62-57(60)52-50-48-46-44-42-40-38-36-22-20-18-16-14-12-10-8-6-4-2/h5,7,11,13,17,19,23-24,26-27,29-30,32-33,56,59H,3-4,6,8-10,12,14-16,18,20-22,25,28,31,34-55H2,1-2H3/b7-5-,13-11-,19-17-,24-23-,27-26-,30-29-,33-32-. The summed E-state index contributed by atoms with van der Waals surface area (Å²) in [6.07, 6.45) is 73.9. The van der Waals surface area contributed by atoms with Crippen molar-refractivity contribution >= 4 is 11.9 Å². The number of carbonyl (C=O) groups is 2. The van der Waals surface area contributed by atoms with Gasteiger partial charge in [0, 0.05) is 12.8 Å². The van der Waals surface area contributed by atoms with E-state index in [1.54, 1.807) is 0 Å². The minimum absolute atomic E-state index is 0.0687. The maximum Gasteiger partial charge on any atom is 0.306 e. The molecule has 0 rings (SSSR count). The molecule has 0 amide bonds. The van der Waals surface area contributed by atoms with Gasteiger partial charge < -0.3 is 14.6 Å². The van der Waals surface area contributed by atoms with Gasteiger partial charge in [-0.05, 0) is 70.6 Å². The van der Waals surface area contributed by atoms with Crippen molar-refractivity contribution in [2.75, 3.05) is 13.2 Å². The molecule has 0 saturated carbocycles. The summed E-state index contributed by atoms with van der Waals surface area (Å²) in [5.41, 5.74) is 0. The van der Waals surface area contributed by atoms with Crippen molar-refractivity contribution in [1.29, 1.82) is 0 Å². The molecule has 1 atom stereocenters. The lowest BCUT2D eigenvalue weighted by atomic mass is 10.0. The van der Waals surface area contributed by atoms with Crippen LogP contribution < -0.4 is 0 Å². The van der Waals surface area contributed by atoms with Crippen molar-refractivity contribution in [3.05, 3.63) is 85.1 Å². The Labute approximate surface area is 390 Å². The molecule has 5 heteroatoms. The highest BCUT2D eigenvalue weighted by atomic mass is 16.6. The van der Waals surface area contributed by atoms with Crippen LogP contribution in [0.4, 0.5) is 0 Å². The Hall–Kier alpha value is -2.92. The van der Waals surface area contributed by atoms with E-state index in [9.17, 15) is 14.7 Å². The summed E-state index contributed by atoms with van der Waals surface area (Å²) >= 11 is 0. The van der Waals surface area contributed by atoms with Crippen LogP contribution in [0.15, 0.2) is 85.1 Å². The van der Waals surface area contributed by atoms with Crippen molar-refractivity contribution in [2.24, 2.45) is 0 Å². The number of unbranched alkanes of at least 4 members (excludes halogenated alkanes) is 26. The molecule has 0 fully saturated rings. The van der Waals surface area contributed by atoms with E-state index in [2.05, 4.69) is 98.9 Å². The van der Waals surface area contributed by atoms with Crippen LogP contribution >= 0.6 is 0 Å². The van der Waals surface area contributed by atoms with Gasteiger partial charge in [-0.3, -0.25) is 9.59 Å². The molecule has 0 spiro atoms. The number of hydrogen-bond donors (Lipinski definition) is 1. The largest absolute Gasteiger partial charge is 0.462 e. The summed E-state index contributed by atoms with van der Waals surface area (Å²) < 4.78 is 10.7. The lowest BCUT2D eigenvalue weighted by Crippen LogP contribution is -2.28. The molecule has 0 aromatic rings. The predicted octanol–water partition coefficient (Wildman–Crippen LogP) is 17.8. The van der Waals surface area contributed by atoms with Crippen LogP contribution in [-0.2, 0) is 19.1 Å². The number of aliphatic hydroxyl groups excluding tert-OH is 1. The van der Waals surface area contributed by atoms with E-state index in [1.165, 1.54) is 135 Å². The summed E-state index contributed by atoms with van der Waals surface area (Å²) in [4.78, 5) is 24.5. The summed E-state index contributed by atoms with van der Waals surface area (Å²) in [6, 6.07) is 0. The first-order valence-corrected chi connectivity index (χ1v) is 26.6. The first-order chi connectivity index (χ1) is 31.1. The SMILES string of the molecule is CC/C=C\C/C=C\C/C=C\C/C=C\C/C=C\C/C=C\C/C=C\CCCCCCCCCCCC(=O)OC(CO)COC(=O)CCCCCCCCCCCCCCCCCCCC. The average molecular weight is 877 g/mol. The van der Waals surface area contributed by atoms with Gasteiger partial charge in [0.25, 0.3) is 0 Å². The number of ether oxygens (including phenoxy) is 2. The van der Waals surface area contributed by atoms with Crippen molar-refractivity contribution in [1.82, 2.24) is 0 Å². The maximum absolute atomic E-state index is 12.3. The van der Waals surface area contributed by atoms with E-state index in [0.717, 1.165) is 89.9 Å². The normalized spacial score (nSPS) is 12.9. The molecular weight excluding hydrogens is 777 g/mol. The minimum atomic E-state index is -0.778. The van der Waals surface area contributed by atoms with Crippen LogP contribution in [0.25, 0.3) is 0 Å². The van der Waals surface area contributed by atoms with Gasteiger partial charge >= 0.3 is 11.9 Å². The van der Waals surface area contributed by atoms with Crippen LogP contribution in [0.1, 0.15) is 251 Å². The van der Waals surface area contributed by atoms with E-state index < -0.39 is 6.10 Å². The smallest absolute Gasteiger partial charge is 0.306 e. The van der Waals surface area contributed by atoms with E-state index in [0.29, 0.717) is 12.8 Å². The maximum atomic E-state index is 12.3. The van der Waals surface area contributed by atoms with Crippen LogP contribution in [-0.4, -0.2) is 36.4 Å². The molecular formula is C58H100O5. The summed E-state index contributed by atoms with van der Waals surface area (Å²) in [5, 5.41) is 9.63. The van der Waals surface area contributed by atoms with Crippen LogP contribution in [0.2, 0.25) is 0 Å². The molecule has 0 aliphatic rings.